The number of carbonyl (C=O) groups is 2. The zero-order chi connectivity index (χ0) is 26.2. The first-order valence-corrected chi connectivity index (χ1v) is 13.1. The summed E-state index contributed by atoms with van der Waals surface area (Å²) in [7, 11) is -5.24. The Morgan fingerprint density at radius 3 is 2.16 bits per heavy atom. The molecule has 0 spiro atoms. The van der Waals surface area contributed by atoms with E-state index in [1.54, 1.807) is 11.8 Å². The van der Waals surface area contributed by atoms with Crippen LogP contribution in [0.4, 0.5) is 14.4 Å². The monoisotopic (exact) mass is 524 g/mol. The maximum atomic E-state index is 13.1. The zero-order valence-electron chi connectivity index (χ0n) is 20.1. The highest BCUT2D eigenvalue weighted by Crippen LogP contribution is 2.44. The van der Waals surface area contributed by atoms with Crippen molar-refractivity contribution >= 4 is 28.6 Å². The van der Waals surface area contributed by atoms with Gasteiger partial charge in [0.15, 0.2) is 6.29 Å². The van der Waals surface area contributed by atoms with Crippen LogP contribution in [0.1, 0.15) is 33.0 Å². The summed E-state index contributed by atoms with van der Waals surface area (Å²) >= 11 is 0. The van der Waals surface area contributed by atoms with Crippen molar-refractivity contribution < 1.29 is 30.8 Å². The van der Waals surface area contributed by atoms with E-state index < -0.39 is 16.6 Å². The summed E-state index contributed by atoms with van der Waals surface area (Å²) in [5.74, 6) is -0.319. The van der Waals surface area contributed by atoms with Crippen molar-refractivity contribution in [2.75, 3.05) is 37.7 Å². The number of hydrogen-bond donors (Lipinski definition) is 0. The van der Waals surface area contributed by atoms with Crippen LogP contribution in [-0.2, 0) is 15.2 Å². The fourth-order valence-corrected chi connectivity index (χ4v) is 5.45. The Morgan fingerprint density at radius 2 is 1.59 bits per heavy atom. The molecule has 1 fully saturated rings. The second-order valence-corrected chi connectivity index (χ2v) is 9.98. The summed E-state index contributed by atoms with van der Waals surface area (Å²) < 4.78 is 45.0. The minimum Gasteiger partial charge on any atom is -0.448 e. The normalized spacial score (nSPS) is 15.2. The highest BCUT2D eigenvalue weighted by Gasteiger charge is 2.30. The van der Waals surface area contributed by atoms with E-state index in [1.165, 1.54) is 12.1 Å². The van der Waals surface area contributed by atoms with Gasteiger partial charge in [-0.05, 0) is 40.8 Å². The van der Waals surface area contributed by atoms with Gasteiger partial charge in [-0.1, -0.05) is 52.4 Å². The number of piperazine rings is 1. The number of aldehydes is 1. The third kappa shape index (κ3) is 5.01. The van der Waals surface area contributed by atoms with Crippen LogP contribution in [0.3, 0.4) is 0 Å². The van der Waals surface area contributed by atoms with Crippen molar-refractivity contribution in [3.63, 3.8) is 0 Å². The second-order valence-electron chi connectivity index (χ2n) is 9.03. The molecule has 1 heterocycles. The van der Waals surface area contributed by atoms with Gasteiger partial charge in [0.1, 0.15) is 12.4 Å². The molecule has 5 rings (SSSR count). The molecule has 1 saturated heterocycles. The lowest BCUT2D eigenvalue weighted by atomic mass is 9.98. The molecule has 3 aromatic carbocycles. The number of rotatable bonds is 6. The van der Waals surface area contributed by atoms with Crippen molar-refractivity contribution in [1.82, 2.24) is 4.90 Å². The molecule has 8 nitrogen and oxygen atoms in total. The first kappa shape index (κ1) is 24.8. The van der Waals surface area contributed by atoms with Gasteiger partial charge in [-0.25, -0.2) is 4.79 Å². The first-order chi connectivity index (χ1) is 17.7. The summed E-state index contributed by atoms with van der Waals surface area (Å²) in [4.78, 5) is 27.9. The van der Waals surface area contributed by atoms with Crippen LogP contribution in [0.5, 0.6) is 5.75 Å². The average Bonchev–Trinajstić information content (AvgIpc) is 3.21. The van der Waals surface area contributed by atoms with Gasteiger partial charge >= 0.3 is 16.6 Å². The molecule has 0 N–H and O–H groups in total. The number of fused-ring (bicyclic) bond motifs is 3. The van der Waals surface area contributed by atoms with Crippen LogP contribution >= 0.6 is 0 Å². The summed E-state index contributed by atoms with van der Waals surface area (Å²) in [6.07, 6.45) is 0.149. The van der Waals surface area contributed by atoms with E-state index in [4.69, 9.17) is 4.74 Å². The van der Waals surface area contributed by atoms with Crippen LogP contribution in [0, 0.1) is 6.92 Å². The maximum Gasteiger partial charge on any atom is 0.488 e. The van der Waals surface area contributed by atoms with Crippen molar-refractivity contribution in [1.29, 1.82) is 0 Å². The molecule has 2 aliphatic rings. The summed E-state index contributed by atoms with van der Waals surface area (Å²) in [6, 6.07) is 18.8. The second kappa shape index (κ2) is 9.85. The number of carbonyl (C=O) groups excluding carboxylic acids is 2. The van der Waals surface area contributed by atoms with E-state index >= 15 is 0 Å². The van der Waals surface area contributed by atoms with Crippen molar-refractivity contribution in [2.45, 2.75) is 12.8 Å². The SMILES string of the molecule is Cc1c(C=O)cc(OS(=O)(=O)F)cc1N1CCN(C(=O)OCC2c3ccccc3-c3ccccc32)CC1. The minimum absolute atomic E-state index is 0.0310. The standard InChI is InChI=1S/C27H25FN2O6S/c1-18-19(16-31)14-20(36-37(28,33)34)15-26(18)29-10-12-30(13-11-29)27(32)35-17-25-23-8-4-2-6-21(23)22-7-3-5-9-24(22)25/h2-9,14-16,25H,10-13,17H2,1H3. The number of ether oxygens (including phenoxy) is 1. The van der Waals surface area contributed by atoms with Crippen LogP contribution in [0.25, 0.3) is 11.1 Å². The van der Waals surface area contributed by atoms with Gasteiger partial charge in [0, 0.05) is 49.4 Å². The molecule has 192 valence electrons. The molecule has 0 unspecified atom stereocenters. The van der Waals surface area contributed by atoms with Crippen LogP contribution < -0.4 is 9.08 Å². The summed E-state index contributed by atoms with van der Waals surface area (Å²) in [5, 5.41) is 0. The molecule has 1 amide bonds. The van der Waals surface area contributed by atoms with E-state index in [0.717, 1.165) is 22.3 Å². The van der Waals surface area contributed by atoms with Crippen molar-refractivity contribution in [3.8, 4) is 16.9 Å². The van der Waals surface area contributed by atoms with Gasteiger partial charge in [0.25, 0.3) is 0 Å². The maximum absolute atomic E-state index is 13.1. The Morgan fingerprint density at radius 1 is 1.00 bits per heavy atom. The largest absolute Gasteiger partial charge is 0.488 e. The topological polar surface area (TPSA) is 93.2 Å². The number of hydrogen-bond acceptors (Lipinski definition) is 7. The molecule has 0 saturated carbocycles. The van der Waals surface area contributed by atoms with E-state index in [0.29, 0.717) is 43.7 Å². The van der Waals surface area contributed by atoms with Crippen molar-refractivity contribution in [2.24, 2.45) is 0 Å². The number of amides is 1. The molecule has 0 radical (unpaired) electrons. The zero-order valence-corrected chi connectivity index (χ0v) is 20.9. The highest BCUT2D eigenvalue weighted by molar-refractivity contribution is 7.81. The van der Waals surface area contributed by atoms with Crippen LogP contribution in [-0.4, -0.2) is 58.5 Å². The molecule has 1 aliphatic heterocycles. The fourth-order valence-electron chi connectivity index (χ4n) is 5.12. The van der Waals surface area contributed by atoms with Gasteiger partial charge in [-0.3, -0.25) is 4.79 Å². The van der Waals surface area contributed by atoms with E-state index in [2.05, 4.69) is 28.4 Å². The van der Waals surface area contributed by atoms with Gasteiger partial charge in [-0.15, -0.1) is 0 Å². The number of benzene rings is 3. The lowest BCUT2D eigenvalue weighted by molar-refractivity contribution is 0.0976. The lowest BCUT2D eigenvalue weighted by Gasteiger charge is -2.36. The lowest BCUT2D eigenvalue weighted by Crippen LogP contribution is -2.49. The van der Waals surface area contributed by atoms with E-state index in [9.17, 15) is 21.9 Å². The first-order valence-electron chi connectivity index (χ1n) is 11.8. The van der Waals surface area contributed by atoms with E-state index in [-0.39, 0.29) is 23.8 Å². The molecular formula is C27H25FN2O6S. The Kier molecular flexibility index (Phi) is 6.59. The number of halogens is 1. The van der Waals surface area contributed by atoms with Gasteiger partial charge in [0.05, 0.1) is 0 Å². The van der Waals surface area contributed by atoms with Gasteiger partial charge in [0.2, 0.25) is 0 Å². The van der Waals surface area contributed by atoms with Crippen LogP contribution in [0.15, 0.2) is 60.7 Å². The van der Waals surface area contributed by atoms with Gasteiger partial charge in [-0.2, -0.15) is 8.42 Å². The van der Waals surface area contributed by atoms with E-state index in [1.807, 2.05) is 29.2 Å². The number of anilines is 1. The smallest absolute Gasteiger partial charge is 0.448 e. The Labute approximate surface area is 214 Å². The van der Waals surface area contributed by atoms with Crippen LogP contribution in [0.2, 0.25) is 0 Å². The number of nitrogens with zero attached hydrogens (tertiary/aromatic N) is 2. The summed E-state index contributed by atoms with van der Waals surface area (Å²) in [5.41, 5.74) is 5.92. The Bertz CT molecular complexity index is 1420. The third-order valence-corrected chi connectivity index (χ3v) is 7.32. The summed E-state index contributed by atoms with van der Waals surface area (Å²) in [6.45, 7) is 3.49. The van der Waals surface area contributed by atoms with Gasteiger partial charge < -0.3 is 18.7 Å². The molecule has 0 aromatic heterocycles. The Hall–Kier alpha value is -3.92. The highest BCUT2D eigenvalue weighted by atomic mass is 32.3. The average molecular weight is 525 g/mol. The predicted octanol–water partition coefficient (Wildman–Crippen LogP) is 4.47. The minimum atomic E-state index is -5.24. The molecular weight excluding hydrogens is 499 g/mol. The molecule has 1 aliphatic carbocycles. The molecule has 3 aromatic rings. The third-order valence-electron chi connectivity index (χ3n) is 6.93. The van der Waals surface area contributed by atoms with Crippen molar-refractivity contribution in [3.05, 3.63) is 82.9 Å². The fraction of sp³-hybridized carbons (Fsp3) is 0.259. The molecule has 0 atom stereocenters. The molecule has 0 bridgehead atoms. The Balaban J connectivity index is 1.25. The molecule has 10 heteroatoms. The quantitative estimate of drug-likeness (QED) is 0.347. The molecule has 37 heavy (non-hydrogen) atoms. The predicted molar refractivity (Wildman–Crippen MR) is 136 cm³/mol.